The molecule has 6 nitrogen and oxygen atoms in total. The Morgan fingerprint density at radius 2 is 2.06 bits per heavy atom. The van der Waals surface area contributed by atoms with E-state index in [9.17, 15) is 9.59 Å². The van der Waals surface area contributed by atoms with Crippen LogP contribution in [0.1, 0.15) is 27.6 Å². The molecule has 0 bridgehead atoms. The van der Waals surface area contributed by atoms with Crippen LogP contribution in [0, 0.1) is 0 Å². The molecule has 1 aromatic carbocycles. The highest BCUT2D eigenvalue weighted by atomic mass is 16.1. The van der Waals surface area contributed by atoms with E-state index >= 15 is 0 Å². The molecule has 1 heterocycles. The van der Waals surface area contributed by atoms with Crippen molar-refractivity contribution in [3.8, 4) is 5.69 Å². The molecule has 4 N–H and O–H groups in total. The topological polar surface area (TPSA) is 104 Å². The molecule has 0 aliphatic carbocycles. The van der Waals surface area contributed by atoms with Crippen LogP contribution >= 0.6 is 0 Å². The summed E-state index contributed by atoms with van der Waals surface area (Å²) in [4.78, 5) is 22.2. The zero-order valence-electron chi connectivity index (χ0n) is 9.75. The van der Waals surface area contributed by atoms with E-state index in [0.717, 1.165) is 0 Å². The minimum absolute atomic E-state index is 0.0997. The molecule has 1 amide bonds. The lowest BCUT2D eigenvalue weighted by Crippen LogP contribution is -2.09. The van der Waals surface area contributed by atoms with Crippen molar-refractivity contribution in [2.24, 2.45) is 5.73 Å². The highest BCUT2D eigenvalue weighted by Gasteiger charge is 2.09. The molecular formula is C12H12N4O2. The molecule has 0 radical (unpaired) electrons. The van der Waals surface area contributed by atoms with Gasteiger partial charge in [0.05, 0.1) is 17.4 Å². The standard InChI is InChI=1S/C12H12N4O2/c1-7(17)10-3-2-9(4-11(10)13)16-6-8(5-15-16)12(14)18/h2-6H,13H2,1H3,(H2,14,18). The number of anilines is 1. The van der Waals surface area contributed by atoms with Crippen molar-refractivity contribution in [1.82, 2.24) is 9.78 Å². The lowest BCUT2D eigenvalue weighted by Gasteiger charge is -2.05. The van der Waals surface area contributed by atoms with Crippen LogP contribution in [0.4, 0.5) is 5.69 Å². The van der Waals surface area contributed by atoms with Crippen LogP contribution < -0.4 is 11.5 Å². The monoisotopic (exact) mass is 244 g/mol. The number of nitrogens with two attached hydrogens (primary N) is 2. The van der Waals surface area contributed by atoms with Gasteiger partial charge in [-0.1, -0.05) is 0 Å². The van der Waals surface area contributed by atoms with Gasteiger partial charge in [-0.25, -0.2) is 4.68 Å². The summed E-state index contributed by atoms with van der Waals surface area (Å²) >= 11 is 0. The molecule has 18 heavy (non-hydrogen) atoms. The summed E-state index contributed by atoms with van der Waals surface area (Å²) in [5, 5.41) is 4.00. The number of carbonyl (C=O) groups excluding carboxylic acids is 2. The van der Waals surface area contributed by atoms with Gasteiger partial charge in [-0.3, -0.25) is 9.59 Å². The number of aromatic nitrogens is 2. The first-order valence-corrected chi connectivity index (χ1v) is 5.24. The Morgan fingerprint density at radius 3 is 2.56 bits per heavy atom. The predicted molar refractivity (Wildman–Crippen MR) is 66.5 cm³/mol. The number of rotatable bonds is 3. The molecule has 0 saturated carbocycles. The quantitative estimate of drug-likeness (QED) is 0.614. The normalized spacial score (nSPS) is 10.3. The maximum atomic E-state index is 11.2. The van der Waals surface area contributed by atoms with Crippen LogP contribution in [0.3, 0.4) is 0 Å². The van der Waals surface area contributed by atoms with Crippen LogP contribution in [0.15, 0.2) is 30.6 Å². The number of amides is 1. The van der Waals surface area contributed by atoms with Crippen molar-refractivity contribution in [2.45, 2.75) is 6.92 Å². The van der Waals surface area contributed by atoms with Crippen LogP contribution in [-0.4, -0.2) is 21.5 Å². The Bertz CT molecular complexity index is 631. The van der Waals surface area contributed by atoms with Crippen molar-refractivity contribution in [3.63, 3.8) is 0 Å². The zero-order valence-corrected chi connectivity index (χ0v) is 9.75. The molecule has 6 heteroatoms. The van der Waals surface area contributed by atoms with E-state index in [0.29, 0.717) is 22.5 Å². The number of benzene rings is 1. The Labute approximate surface area is 103 Å². The maximum Gasteiger partial charge on any atom is 0.251 e. The molecule has 92 valence electrons. The minimum Gasteiger partial charge on any atom is -0.398 e. The van der Waals surface area contributed by atoms with Crippen molar-refractivity contribution < 1.29 is 9.59 Å². The lowest BCUT2D eigenvalue weighted by molar-refractivity contribution is 0.0996. The highest BCUT2D eigenvalue weighted by Crippen LogP contribution is 2.17. The van der Waals surface area contributed by atoms with E-state index in [2.05, 4.69) is 5.10 Å². The van der Waals surface area contributed by atoms with Crippen LogP contribution in [0.25, 0.3) is 5.69 Å². The molecule has 2 rings (SSSR count). The van der Waals surface area contributed by atoms with Crippen molar-refractivity contribution in [2.75, 3.05) is 5.73 Å². The van der Waals surface area contributed by atoms with Gasteiger partial charge in [0.1, 0.15) is 0 Å². The molecule has 0 spiro atoms. The molecular weight excluding hydrogens is 232 g/mol. The van der Waals surface area contributed by atoms with Gasteiger partial charge in [0.25, 0.3) is 5.91 Å². The molecule has 1 aromatic heterocycles. The molecule has 0 aliphatic heterocycles. The summed E-state index contributed by atoms with van der Waals surface area (Å²) in [5.74, 6) is -0.646. The SMILES string of the molecule is CC(=O)c1ccc(-n2cc(C(N)=O)cn2)cc1N. The largest absolute Gasteiger partial charge is 0.398 e. The van der Waals surface area contributed by atoms with Gasteiger partial charge in [0.2, 0.25) is 0 Å². The molecule has 0 aliphatic rings. The third kappa shape index (κ3) is 2.08. The molecule has 0 atom stereocenters. The number of nitrogens with zero attached hydrogens (tertiary/aromatic N) is 2. The highest BCUT2D eigenvalue weighted by molar-refractivity contribution is 5.99. The number of Topliss-reactive ketones (excluding diaryl/α,β-unsaturated/α-hetero) is 1. The third-order valence-corrected chi connectivity index (χ3v) is 2.55. The summed E-state index contributed by atoms with van der Waals surface area (Å²) in [7, 11) is 0. The maximum absolute atomic E-state index is 11.2. The molecule has 0 unspecified atom stereocenters. The van der Waals surface area contributed by atoms with Crippen LogP contribution in [-0.2, 0) is 0 Å². The Balaban J connectivity index is 2.42. The van der Waals surface area contributed by atoms with Gasteiger partial charge < -0.3 is 11.5 Å². The van der Waals surface area contributed by atoms with Crippen molar-refractivity contribution in [3.05, 3.63) is 41.7 Å². The Kier molecular flexibility index (Phi) is 2.85. The first-order valence-electron chi connectivity index (χ1n) is 5.24. The van der Waals surface area contributed by atoms with Gasteiger partial charge in [0.15, 0.2) is 5.78 Å². The zero-order chi connectivity index (χ0) is 13.3. The Hall–Kier alpha value is -2.63. The van der Waals surface area contributed by atoms with E-state index < -0.39 is 5.91 Å². The fourth-order valence-corrected chi connectivity index (χ4v) is 1.60. The summed E-state index contributed by atoms with van der Waals surface area (Å²) < 4.78 is 1.47. The van der Waals surface area contributed by atoms with E-state index in [1.807, 2.05) is 0 Å². The number of hydrogen-bond donors (Lipinski definition) is 2. The molecule has 0 saturated heterocycles. The summed E-state index contributed by atoms with van der Waals surface area (Å²) in [6, 6.07) is 4.94. The van der Waals surface area contributed by atoms with E-state index in [1.165, 1.54) is 24.0 Å². The van der Waals surface area contributed by atoms with Crippen LogP contribution in [0.5, 0.6) is 0 Å². The minimum atomic E-state index is -0.547. The third-order valence-electron chi connectivity index (χ3n) is 2.55. The summed E-state index contributed by atoms with van der Waals surface area (Å²) in [6.45, 7) is 1.45. The summed E-state index contributed by atoms with van der Waals surface area (Å²) in [6.07, 6.45) is 2.88. The smallest absolute Gasteiger partial charge is 0.251 e. The number of primary amides is 1. The van der Waals surface area contributed by atoms with Gasteiger partial charge >= 0.3 is 0 Å². The van der Waals surface area contributed by atoms with E-state index in [1.54, 1.807) is 18.2 Å². The predicted octanol–water partition coefficient (Wildman–Crippen LogP) is 0.756. The number of carbonyl (C=O) groups is 2. The van der Waals surface area contributed by atoms with Crippen molar-refractivity contribution in [1.29, 1.82) is 0 Å². The number of ketones is 1. The molecule has 2 aromatic rings. The van der Waals surface area contributed by atoms with Gasteiger partial charge in [0, 0.05) is 17.4 Å². The first kappa shape index (κ1) is 11.8. The molecule has 0 fully saturated rings. The fraction of sp³-hybridized carbons (Fsp3) is 0.0833. The van der Waals surface area contributed by atoms with Crippen LogP contribution in [0.2, 0.25) is 0 Å². The van der Waals surface area contributed by atoms with Gasteiger partial charge in [-0.05, 0) is 25.1 Å². The lowest BCUT2D eigenvalue weighted by atomic mass is 10.1. The fourth-order valence-electron chi connectivity index (χ4n) is 1.60. The van der Waals surface area contributed by atoms with Gasteiger partial charge in [-0.2, -0.15) is 5.10 Å². The van der Waals surface area contributed by atoms with Gasteiger partial charge in [-0.15, -0.1) is 0 Å². The second-order valence-corrected chi connectivity index (χ2v) is 3.87. The summed E-state index contributed by atoms with van der Waals surface area (Å²) in [5.41, 5.74) is 12.7. The van der Waals surface area contributed by atoms with E-state index in [4.69, 9.17) is 11.5 Å². The van der Waals surface area contributed by atoms with Crippen molar-refractivity contribution >= 4 is 17.4 Å². The number of hydrogen-bond acceptors (Lipinski definition) is 4. The first-order chi connectivity index (χ1) is 8.49. The second kappa shape index (κ2) is 4.33. The average Bonchev–Trinajstić information content (AvgIpc) is 2.77. The van der Waals surface area contributed by atoms with E-state index in [-0.39, 0.29) is 5.78 Å². The average molecular weight is 244 g/mol. The second-order valence-electron chi connectivity index (χ2n) is 3.87. The Morgan fingerprint density at radius 1 is 1.33 bits per heavy atom. The number of nitrogen functional groups attached to an aromatic ring is 1.